The molecule has 1 N–H and O–H groups in total. The van der Waals surface area contributed by atoms with Gasteiger partial charge in [0.25, 0.3) is 0 Å². The molecule has 0 bridgehead atoms. The molecule has 0 spiro atoms. The number of allylic oxidation sites excluding steroid dienone is 1. The van der Waals surface area contributed by atoms with E-state index in [1.54, 1.807) is 6.92 Å². The highest BCUT2D eigenvalue weighted by Crippen LogP contribution is 2.65. The molecule has 3 nitrogen and oxygen atoms in total. The number of esters is 1. The zero-order valence-corrected chi connectivity index (χ0v) is 15.3. The molecule has 0 unspecified atom stereocenters. The van der Waals surface area contributed by atoms with Crippen molar-refractivity contribution in [1.82, 2.24) is 0 Å². The van der Waals surface area contributed by atoms with Crippen molar-refractivity contribution in [3.8, 4) is 0 Å². The first-order valence-corrected chi connectivity index (χ1v) is 9.89. The lowest BCUT2D eigenvalue weighted by Crippen LogP contribution is -2.53. The molecule has 0 heterocycles. The standard InChI is InChI=1S/C21H32O3/c1-13(22)24-19-7-6-17-16-5-4-14-12-15(23)8-10-20(14,2)18(16)9-11-21(17,19)3/h8,10,14-19,23H,4-7,9,11-12H2,1-3H3/t14-,15-,16-,17-,18-,19-,20-,21-/m0/s1. The van der Waals surface area contributed by atoms with Crippen LogP contribution in [0.5, 0.6) is 0 Å². The number of aliphatic hydroxyl groups is 1. The number of hydrogen-bond acceptors (Lipinski definition) is 3. The van der Waals surface area contributed by atoms with Gasteiger partial charge in [-0.05, 0) is 74.0 Å². The summed E-state index contributed by atoms with van der Waals surface area (Å²) < 4.78 is 5.72. The summed E-state index contributed by atoms with van der Waals surface area (Å²) in [5.41, 5.74) is 0.428. The Bertz CT molecular complexity index is 555. The van der Waals surface area contributed by atoms with Gasteiger partial charge in [-0.1, -0.05) is 26.0 Å². The molecule has 0 saturated heterocycles. The largest absolute Gasteiger partial charge is 0.462 e. The molecule has 24 heavy (non-hydrogen) atoms. The molecule has 0 aromatic heterocycles. The second-order valence-electron chi connectivity index (χ2n) is 9.40. The Labute approximate surface area is 145 Å². The zero-order valence-electron chi connectivity index (χ0n) is 15.3. The Hall–Kier alpha value is -0.830. The third kappa shape index (κ3) is 2.30. The van der Waals surface area contributed by atoms with Gasteiger partial charge < -0.3 is 9.84 Å². The minimum Gasteiger partial charge on any atom is -0.462 e. The van der Waals surface area contributed by atoms with E-state index >= 15 is 0 Å². The van der Waals surface area contributed by atoms with Gasteiger partial charge in [-0.25, -0.2) is 0 Å². The summed E-state index contributed by atoms with van der Waals surface area (Å²) in [6.07, 6.45) is 12.4. The fourth-order valence-electron chi connectivity index (χ4n) is 7.14. The summed E-state index contributed by atoms with van der Waals surface area (Å²) in [5, 5.41) is 10.0. The second kappa shape index (κ2) is 5.59. The SMILES string of the molecule is CC(=O)O[C@H]1CC[C@H]2[C@@H]3CC[C@H]4C[C@@H](O)C=C[C@]4(C)[C@H]3CC[C@]12C. The smallest absolute Gasteiger partial charge is 0.302 e. The quantitative estimate of drug-likeness (QED) is 0.581. The normalized spacial score (nSPS) is 53.0. The Kier molecular flexibility index (Phi) is 3.87. The van der Waals surface area contributed by atoms with Gasteiger partial charge in [0.2, 0.25) is 0 Å². The maximum atomic E-state index is 11.5. The van der Waals surface area contributed by atoms with Crippen molar-refractivity contribution in [3.63, 3.8) is 0 Å². The van der Waals surface area contributed by atoms with E-state index in [0.717, 1.165) is 24.7 Å². The molecule has 8 atom stereocenters. The van der Waals surface area contributed by atoms with Crippen LogP contribution in [0, 0.1) is 34.5 Å². The molecule has 3 fully saturated rings. The van der Waals surface area contributed by atoms with Gasteiger partial charge in [-0.15, -0.1) is 0 Å². The van der Waals surface area contributed by atoms with Crippen LogP contribution in [0.2, 0.25) is 0 Å². The van der Waals surface area contributed by atoms with Crippen molar-refractivity contribution < 1.29 is 14.6 Å². The molecule has 0 aromatic rings. The van der Waals surface area contributed by atoms with Gasteiger partial charge in [-0.3, -0.25) is 4.79 Å². The topological polar surface area (TPSA) is 46.5 Å². The Morgan fingerprint density at radius 3 is 2.67 bits per heavy atom. The fourth-order valence-corrected chi connectivity index (χ4v) is 7.14. The van der Waals surface area contributed by atoms with E-state index in [1.807, 2.05) is 6.08 Å². The minimum absolute atomic E-state index is 0.121. The molecule has 0 aliphatic heterocycles. The average Bonchev–Trinajstić information content (AvgIpc) is 2.84. The van der Waals surface area contributed by atoms with Crippen LogP contribution in [-0.2, 0) is 9.53 Å². The molecule has 4 aliphatic rings. The van der Waals surface area contributed by atoms with Gasteiger partial charge in [0.1, 0.15) is 6.10 Å². The molecule has 134 valence electrons. The van der Waals surface area contributed by atoms with Crippen LogP contribution in [0.15, 0.2) is 12.2 Å². The van der Waals surface area contributed by atoms with Crippen molar-refractivity contribution in [3.05, 3.63) is 12.2 Å². The minimum atomic E-state index is -0.242. The van der Waals surface area contributed by atoms with E-state index < -0.39 is 0 Å². The predicted octanol–water partition coefficient (Wildman–Crippen LogP) is 4.10. The molecule has 3 saturated carbocycles. The van der Waals surface area contributed by atoms with E-state index in [-0.39, 0.29) is 29.0 Å². The summed E-state index contributed by atoms with van der Waals surface area (Å²) in [4.78, 5) is 11.5. The lowest BCUT2D eigenvalue weighted by Gasteiger charge is -2.59. The van der Waals surface area contributed by atoms with Crippen molar-refractivity contribution in [1.29, 1.82) is 0 Å². The molecule has 3 heteroatoms. The Morgan fingerprint density at radius 2 is 1.92 bits per heavy atom. The Morgan fingerprint density at radius 1 is 1.12 bits per heavy atom. The van der Waals surface area contributed by atoms with Crippen LogP contribution < -0.4 is 0 Å². The second-order valence-corrected chi connectivity index (χ2v) is 9.40. The third-order valence-corrected chi connectivity index (χ3v) is 8.39. The highest BCUT2D eigenvalue weighted by Gasteiger charge is 2.60. The highest BCUT2D eigenvalue weighted by molar-refractivity contribution is 5.66. The lowest BCUT2D eigenvalue weighted by molar-refractivity contribution is -0.158. The number of hydrogen-bond donors (Lipinski definition) is 1. The van der Waals surface area contributed by atoms with Gasteiger partial charge in [0.15, 0.2) is 0 Å². The number of rotatable bonds is 1. The van der Waals surface area contributed by atoms with Crippen molar-refractivity contribution in [2.24, 2.45) is 34.5 Å². The molecule has 0 amide bonds. The molecule has 0 aromatic carbocycles. The molecule has 4 aliphatic carbocycles. The maximum Gasteiger partial charge on any atom is 0.302 e. The first-order valence-electron chi connectivity index (χ1n) is 9.89. The van der Waals surface area contributed by atoms with Crippen LogP contribution in [0.25, 0.3) is 0 Å². The number of fused-ring (bicyclic) bond motifs is 5. The lowest BCUT2D eigenvalue weighted by atomic mass is 9.46. The zero-order chi connectivity index (χ0) is 17.1. The number of ether oxygens (including phenoxy) is 1. The predicted molar refractivity (Wildman–Crippen MR) is 93.2 cm³/mol. The first-order chi connectivity index (χ1) is 11.3. The van der Waals surface area contributed by atoms with Crippen molar-refractivity contribution in [2.45, 2.75) is 77.9 Å². The van der Waals surface area contributed by atoms with Gasteiger partial charge in [0.05, 0.1) is 6.10 Å². The number of carbonyl (C=O) groups is 1. The van der Waals surface area contributed by atoms with E-state index in [0.29, 0.717) is 11.8 Å². The number of carbonyl (C=O) groups excluding carboxylic acids is 1. The van der Waals surface area contributed by atoms with E-state index in [2.05, 4.69) is 19.9 Å². The van der Waals surface area contributed by atoms with Crippen molar-refractivity contribution >= 4 is 5.97 Å². The van der Waals surface area contributed by atoms with Crippen molar-refractivity contribution in [2.75, 3.05) is 0 Å². The monoisotopic (exact) mass is 332 g/mol. The van der Waals surface area contributed by atoms with E-state index in [9.17, 15) is 9.90 Å². The summed E-state index contributed by atoms with van der Waals surface area (Å²) in [6, 6.07) is 0. The molecular formula is C21H32O3. The van der Waals surface area contributed by atoms with Gasteiger partial charge in [0, 0.05) is 12.3 Å². The first kappa shape index (κ1) is 16.6. The molecular weight excluding hydrogens is 300 g/mol. The van der Waals surface area contributed by atoms with E-state index in [1.165, 1.54) is 32.1 Å². The third-order valence-electron chi connectivity index (χ3n) is 8.39. The fraction of sp³-hybridized carbons (Fsp3) is 0.857. The number of aliphatic hydroxyl groups excluding tert-OH is 1. The Balaban J connectivity index is 1.61. The molecule has 4 rings (SSSR count). The summed E-state index contributed by atoms with van der Waals surface area (Å²) in [5.74, 6) is 2.69. The summed E-state index contributed by atoms with van der Waals surface area (Å²) in [6.45, 7) is 6.37. The molecule has 0 radical (unpaired) electrons. The van der Waals surface area contributed by atoms with Gasteiger partial charge in [-0.2, -0.15) is 0 Å². The highest BCUT2D eigenvalue weighted by atomic mass is 16.5. The summed E-state index contributed by atoms with van der Waals surface area (Å²) in [7, 11) is 0. The van der Waals surface area contributed by atoms with Gasteiger partial charge >= 0.3 is 5.97 Å². The van der Waals surface area contributed by atoms with E-state index in [4.69, 9.17) is 4.74 Å². The average molecular weight is 332 g/mol. The summed E-state index contributed by atoms with van der Waals surface area (Å²) >= 11 is 0. The van der Waals surface area contributed by atoms with Crippen LogP contribution in [0.1, 0.15) is 65.7 Å². The van der Waals surface area contributed by atoms with Crippen LogP contribution in [0.3, 0.4) is 0 Å². The van der Waals surface area contributed by atoms with Crippen LogP contribution >= 0.6 is 0 Å². The van der Waals surface area contributed by atoms with Crippen LogP contribution in [0.4, 0.5) is 0 Å². The van der Waals surface area contributed by atoms with Crippen LogP contribution in [-0.4, -0.2) is 23.3 Å². The maximum absolute atomic E-state index is 11.5.